The van der Waals surface area contributed by atoms with Gasteiger partial charge in [0.05, 0.1) is 24.7 Å². The summed E-state index contributed by atoms with van der Waals surface area (Å²) in [5.74, 6) is 1.11. The zero-order chi connectivity index (χ0) is 25.1. The van der Waals surface area contributed by atoms with Crippen molar-refractivity contribution in [1.82, 2.24) is 14.5 Å². The number of anilines is 2. The van der Waals surface area contributed by atoms with Crippen molar-refractivity contribution in [1.29, 1.82) is 0 Å². The highest BCUT2D eigenvalue weighted by Gasteiger charge is 2.25. The van der Waals surface area contributed by atoms with Gasteiger partial charge in [-0.25, -0.2) is 9.78 Å². The molecule has 184 valence electrons. The third-order valence-corrected chi connectivity index (χ3v) is 6.48. The second kappa shape index (κ2) is 10.1. The highest BCUT2D eigenvalue weighted by atomic mass is 16.5. The van der Waals surface area contributed by atoms with E-state index in [9.17, 15) is 9.59 Å². The molecule has 0 spiro atoms. The number of para-hydroxylation sites is 2. The van der Waals surface area contributed by atoms with Crippen LogP contribution in [0, 0.1) is 6.92 Å². The maximum absolute atomic E-state index is 13.6. The second-order valence-electron chi connectivity index (χ2n) is 8.94. The van der Waals surface area contributed by atoms with E-state index >= 15 is 0 Å². The van der Waals surface area contributed by atoms with Crippen molar-refractivity contribution in [3.63, 3.8) is 0 Å². The van der Waals surface area contributed by atoms with Gasteiger partial charge in [-0.05, 0) is 36.8 Å². The van der Waals surface area contributed by atoms with Crippen LogP contribution in [0.3, 0.4) is 0 Å². The minimum atomic E-state index is -0.175. The summed E-state index contributed by atoms with van der Waals surface area (Å²) in [4.78, 5) is 34.9. The highest BCUT2D eigenvalue weighted by Crippen LogP contribution is 2.20. The first kappa shape index (κ1) is 23.4. The molecule has 5 rings (SSSR count). The maximum Gasteiger partial charge on any atom is 0.321 e. The summed E-state index contributed by atoms with van der Waals surface area (Å²) in [5, 5.41) is 2.92. The summed E-state index contributed by atoms with van der Waals surface area (Å²) in [7, 11) is 1.59. The quantitative estimate of drug-likeness (QED) is 0.462. The van der Waals surface area contributed by atoms with Crippen LogP contribution < -0.4 is 20.5 Å². The normalized spacial score (nSPS) is 13.6. The van der Waals surface area contributed by atoms with Gasteiger partial charge in [0.25, 0.3) is 5.56 Å². The largest absolute Gasteiger partial charge is 0.497 e. The molecule has 1 aromatic heterocycles. The van der Waals surface area contributed by atoms with Gasteiger partial charge in [-0.2, -0.15) is 0 Å². The average molecular weight is 484 g/mol. The van der Waals surface area contributed by atoms with Crippen LogP contribution in [0.25, 0.3) is 11.0 Å². The Morgan fingerprint density at radius 3 is 2.47 bits per heavy atom. The van der Waals surface area contributed by atoms with Gasteiger partial charge in [0.1, 0.15) is 5.75 Å². The Morgan fingerprint density at radius 2 is 1.72 bits per heavy atom. The van der Waals surface area contributed by atoms with Gasteiger partial charge < -0.3 is 19.9 Å². The molecule has 0 unspecified atom stereocenters. The van der Waals surface area contributed by atoms with Crippen molar-refractivity contribution < 1.29 is 9.53 Å². The number of hydrogen-bond acceptors (Lipinski definition) is 5. The first-order valence-corrected chi connectivity index (χ1v) is 12.0. The van der Waals surface area contributed by atoms with E-state index in [1.165, 1.54) is 5.56 Å². The number of methoxy groups -OCH3 is 1. The van der Waals surface area contributed by atoms with Gasteiger partial charge in [0.15, 0.2) is 5.82 Å². The minimum Gasteiger partial charge on any atom is -0.497 e. The summed E-state index contributed by atoms with van der Waals surface area (Å²) in [6.45, 7) is 4.54. The first-order valence-electron chi connectivity index (χ1n) is 12.0. The summed E-state index contributed by atoms with van der Waals surface area (Å²) < 4.78 is 7.02. The summed E-state index contributed by atoms with van der Waals surface area (Å²) in [6.07, 6.45) is 0. The van der Waals surface area contributed by atoms with E-state index in [4.69, 9.17) is 9.72 Å². The maximum atomic E-state index is 13.6. The number of nitrogens with one attached hydrogen (secondary N) is 1. The summed E-state index contributed by atoms with van der Waals surface area (Å²) in [6, 6.07) is 23.0. The number of urea groups is 1. The van der Waals surface area contributed by atoms with E-state index in [2.05, 4.69) is 29.6 Å². The minimum absolute atomic E-state index is 0.122. The second-order valence-corrected chi connectivity index (χ2v) is 8.94. The monoisotopic (exact) mass is 483 g/mol. The average Bonchev–Trinajstić information content (AvgIpc) is 2.91. The molecular weight excluding hydrogens is 454 g/mol. The smallest absolute Gasteiger partial charge is 0.321 e. The number of aryl methyl sites for hydroxylation is 1. The lowest BCUT2D eigenvalue weighted by Gasteiger charge is -2.35. The lowest BCUT2D eigenvalue weighted by molar-refractivity contribution is 0.208. The number of ether oxygens (including phenoxy) is 1. The van der Waals surface area contributed by atoms with Crippen molar-refractivity contribution in [2.75, 3.05) is 43.5 Å². The van der Waals surface area contributed by atoms with Crippen molar-refractivity contribution in [3.8, 4) is 5.75 Å². The van der Waals surface area contributed by atoms with Crippen molar-refractivity contribution >= 4 is 28.6 Å². The third-order valence-electron chi connectivity index (χ3n) is 6.48. The molecule has 0 atom stereocenters. The zero-order valence-electron chi connectivity index (χ0n) is 20.5. The molecule has 1 saturated heterocycles. The first-order chi connectivity index (χ1) is 17.5. The Hall–Kier alpha value is -4.33. The number of aromatic nitrogens is 2. The number of carbonyl (C=O) groups excluding carboxylic acids is 1. The molecule has 1 aliphatic heterocycles. The summed E-state index contributed by atoms with van der Waals surface area (Å²) in [5.41, 5.74) is 4.38. The van der Waals surface area contributed by atoms with Crippen LogP contribution in [0.4, 0.5) is 16.3 Å². The van der Waals surface area contributed by atoms with Crippen LogP contribution >= 0.6 is 0 Å². The molecule has 2 amide bonds. The van der Waals surface area contributed by atoms with Crippen molar-refractivity contribution in [2.24, 2.45) is 0 Å². The topological polar surface area (TPSA) is 79.7 Å². The lowest BCUT2D eigenvalue weighted by Crippen LogP contribution is -2.51. The molecule has 0 aliphatic carbocycles. The molecule has 2 heterocycles. The molecule has 0 saturated carbocycles. The van der Waals surface area contributed by atoms with Crippen LogP contribution in [0.5, 0.6) is 5.75 Å². The number of piperazine rings is 1. The van der Waals surface area contributed by atoms with Crippen LogP contribution in [-0.2, 0) is 6.54 Å². The number of rotatable bonds is 5. The molecule has 8 nitrogen and oxygen atoms in total. The number of carbonyl (C=O) groups is 1. The van der Waals surface area contributed by atoms with Crippen molar-refractivity contribution in [3.05, 3.63) is 94.3 Å². The van der Waals surface area contributed by atoms with E-state index in [0.29, 0.717) is 50.0 Å². The number of hydrogen-bond donors (Lipinski definition) is 1. The SMILES string of the molecule is COc1cccc(NC(=O)N2CCN(c3nc4ccccc4n(Cc4ccc(C)cc4)c3=O)CC2)c1. The molecule has 0 bridgehead atoms. The van der Waals surface area contributed by atoms with Crippen LogP contribution in [0.2, 0.25) is 0 Å². The van der Waals surface area contributed by atoms with E-state index in [0.717, 1.165) is 16.6 Å². The van der Waals surface area contributed by atoms with Gasteiger partial charge in [0, 0.05) is 37.9 Å². The molecule has 4 aromatic rings. The van der Waals surface area contributed by atoms with Gasteiger partial charge in [-0.3, -0.25) is 9.36 Å². The fraction of sp³-hybridized carbons (Fsp3) is 0.250. The van der Waals surface area contributed by atoms with Crippen molar-refractivity contribution in [2.45, 2.75) is 13.5 Å². The Balaban J connectivity index is 1.35. The third kappa shape index (κ3) is 4.88. The Labute approximate surface area is 209 Å². The Bertz CT molecular complexity index is 1440. The number of nitrogens with zero attached hydrogens (tertiary/aromatic N) is 4. The zero-order valence-corrected chi connectivity index (χ0v) is 20.5. The molecule has 8 heteroatoms. The molecular formula is C28H29N5O3. The van der Waals surface area contributed by atoms with Crippen LogP contribution in [-0.4, -0.2) is 53.8 Å². The van der Waals surface area contributed by atoms with E-state index in [1.807, 2.05) is 54.3 Å². The predicted octanol–water partition coefficient (Wildman–Crippen LogP) is 4.12. The molecule has 1 N–H and O–H groups in total. The van der Waals surface area contributed by atoms with E-state index < -0.39 is 0 Å². The van der Waals surface area contributed by atoms with Crippen LogP contribution in [0.15, 0.2) is 77.6 Å². The van der Waals surface area contributed by atoms with Gasteiger partial charge in [-0.1, -0.05) is 48.0 Å². The van der Waals surface area contributed by atoms with Gasteiger partial charge in [-0.15, -0.1) is 0 Å². The van der Waals surface area contributed by atoms with Crippen LogP contribution in [0.1, 0.15) is 11.1 Å². The van der Waals surface area contributed by atoms with E-state index in [-0.39, 0.29) is 11.6 Å². The summed E-state index contributed by atoms with van der Waals surface area (Å²) >= 11 is 0. The van der Waals surface area contributed by atoms with E-state index in [1.54, 1.807) is 22.6 Å². The predicted molar refractivity (Wildman–Crippen MR) is 142 cm³/mol. The Kier molecular flexibility index (Phi) is 6.58. The molecule has 36 heavy (non-hydrogen) atoms. The fourth-order valence-electron chi connectivity index (χ4n) is 4.44. The Morgan fingerprint density at radius 1 is 0.972 bits per heavy atom. The molecule has 1 fully saturated rings. The molecule has 0 radical (unpaired) electrons. The van der Waals surface area contributed by atoms with Gasteiger partial charge >= 0.3 is 6.03 Å². The highest BCUT2D eigenvalue weighted by molar-refractivity contribution is 5.89. The molecule has 3 aromatic carbocycles. The number of benzene rings is 3. The lowest BCUT2D eigenvalue weighted by atomic mass is 10.1. The number of amides is 2. The number of fused-ring (bicyclic) bond motifs is 1. The van der Waals surface area contributed by atoms with Gasteiger partial charge in [0.2, 0.25) is 0 Å². The fourth-order valence-corrected chi connectivity index (χ4v) is 4.44. The standard InChI is InChI=1S/C28H29N5O3/c1-20-10-12-21(13-11-20)19-33-25-9-4-3-8-24(25)30-26(27(33)34)31-14-16-32(17-15-31)28(35)29-22-6-5-7-23(18-22)36-2/h3-13,18H,14-17,19H2,1-2H3,(H,29,35). The molecule has 1 aliphatic rings.